The van der Waals surface area contributed by atoms with Gasteiger partial charge in [0.05, 0.1) is 17.5 Å². The molecule has 0 bridgehead atoms. The predicted molar refractivity (Wildman–Crippen MR) is 50.3 cm³/mol. The lowest BCUT2D eigenvalue weighted by atomic mass is 10.1. The number of halogens is 2. The van der Waals surface area contributed by atoms with Crippen molar-refractivity contribution in [3.8, 4) is 0 Å². The van der Waals surface area contributed by atoms with E-state index in [-0.39, 0.29) is 17.5 Å². The van der Waals surface area contributed by atoms with E-state index < -0.39 is 22.3 Å². The minimum Gasteiger partial charge on any atom is -0.306 e. The Labute approximate surface area is 82.8 Å². The normalized spacial score (nSPS) is 25.1. The number of sulfone groups is 1. The van der Waals surface area contributed by atoms with Crippen LogP contribution >= 0.6 is 0 Å². The molecule has 0 aromatic rings. The van der Waals surface area contributed by atoms with Crippen molar-refractivity contribution in [2.24, 2.45) is 0 Å². The zero-order valence-corrected chi connectivity index (χ0v) is 8.86. The molecule has 3 nitrogen and oxygen atoms in total. The summed E-state index contributed by atoms with van der Waals surface area (Å²) in [5.74, 6) is 0.223. The standard InChI is InChI=1S/C8H15F2NO2S/c1-6(8(9)10)11-7-2-4-14(12,13)5-3-7/h6-8,11H,2-5H2,1H3. The molecule has 0 aliphatic carbocycles. The van der Waals surface area contributed by atoms with Gasteiger partial charge in [0.25, 0.3) is 6.43 Å². The summed E-state index contributed by atoms with van der Waals surface area (Å²) in [4.78, 5) is 0. The van der Waals surface area contributed by atoms with Crippen molar-refractivity contribution in [3.05, 3.63) is 0 Å². The number of nitrogens with one attached hydrogen (secondary N) is 1. The molecule has 1 aliphatic rings. The zero-order valence-electron chi connectivity index (χ0n) is 8.04. The highest BCUT2D eigenvalue weighted by molar-refractivity contribution is 7.91. The maximum Gasteiger partial charge on any atom is 0.253 e. The molecule has 0 spiro atoms. The lowest BCUT2D eigenvalue weighted by Gasteiger charge is -2.26. The highest BCUT2D eigenvalue weighted by atomic mass is 32.2. The summed E-state index contributed by atoms with van der Waals surface area (Å²) in [7, 11) is -2.90. The summed E-state index contributed by atoms with van der Waals surface area (Å²) in [5.41, 5.74) is 0. The van der Waals surface area contributed by atoms with Crippen LogP contribution in [0.5, 0.6) is 0 Å². The summed E-state index contributed by atoms with van der Waals surface area (Å²) in [6, 6.07) is -0.941. The van der Waals surface area contributed by atoms with Gasteiger partial charge in [0.2, 0.25) is 0 Å². The predicted octanol–water partition coefficient (Wildman–Crippen LogP) is 0.807. The molecule has 1 atom stereocenters. The summed E-state index contributed by atoms with van der Waals surface area (Å²) in [6.07, 6.45) is -1.51. The summed E-state index contributed by atoms with van der Waals surface area (Å²) < 4.78 is 46.4. The van der Waals surface area contributed by atoms with Crippen molar-refractivity contribution in [1.82, 2.24) is 5.32 Å². The van der Waals surface area contributed by atoms with Gasteiger partial charge in [-0.25, -0.2) is 17.2 Å². The van der Waals surface area contributed by atoms with Crippen molar-refractivity contribution >= 4 is 9.84 Å². The average Bonchev–Trinajstić information content (AvgIpc) is 2.08. The Bertz CT molecular complexity index is 265. The lowest BCUT2D eigenvalue weighted by Crippen LogP contribution is -2.44. The zero-order chi connectivity index (χ0) is 10.8. The summed E-state index contributed by atoms with van der Waals surface area (Å²) >= 11 is 0. The smallest absolute Gasteiger partial charge is 0.253 e. The van der Waals surface area contributed by atoms with Gasteiger partial charge in [-0.2, -0.15) is 0 Å². The lowest BCUT2D eigenvalue weighted by molar-refractivity contribution is 0.0990. The third-order valence-corrected chi connectivity index (χ3v) is 4.15. The molecule has 6 heteroatoms. The number of hydrogen-bond acceptors (Lipinski definition) is 3. The third kappa shape index (κ3) is 3.49. The fourth-order valence-electron chi connectivity index (χ4n) is 1.50. The van der Waals surface area contributed by atoms with Crippen molar-refractivity contribution < 1.29 is 17.2 Å². The fraction of sp³-hybridized carbons (Fsp3) is 1.00. The van der Waals surface area contributed by atoms with E-state index in [1.165, 1.54) is 6.92 Å². The molecule has 0 aromatic carbocycles. The minimum absolute atomic E-state index is 0.0810. The van der Waals surface area contributed by atoms with Crippen LogP contribution in [-0.4, -0.2) is 38.4 Å². The van der Waals surface area contributed by atoms with E-state index in [9.17, 15) is 17.2 Å². The second kappa shape index (κ2) is 4.53. The highest BCUT2D eigenvalue weighted by Crippen LogP contribution is 2.13. The molecule has 0 radical (unpaired) electrons. The van der Waals surface area contributed by atoms with E-state index in [2.05, 4.69) is 5.32 Å². The van der Waals surface area contributed by atoms with Crippen LogP contribution in [0.25, 0.3) is 0 Å². The maximum atomic E-state index is 12.2. The SMILES string of the molecule is CC(NC1CCS(=O)(=O)CC1)C(F)F. The van der Waals surface area contributed by atoms with E-state index in [0.717, 1.165) is 0 Å². The molecule has 1 aliphatic heterocycles. The van der Waals surface area contributed by atoms with Gasteiger partial charge in [0.1, 0.15) is 9.84 Å². The van der Waals surface area contributed by atoms with Gasteiger partial charge in [0.15, 0.2) is 0 Å². The Kier molecular flexibility index (Phi) is 3.83. The Balaban J connectivity index is 2.36. The van der Waals surface area contributed by atoms with E-state index in [1.807, 2.05) is 0 Å². The van der Waals surface area contributed by atoms with Crippen LogP contribution in [0, 0.1) is 0 Å². The Hall–Kier alpha value is -0.230. The average molecular weight is 227 g/mol. The van der Waals surface area contributed by atoms with Crippen LogP contribution in [0.3, 0.4) is 0 Å². The van der Waals surface area contributed by atoms with Gasteiger partial charge in [-0.15, -0.1) is 0 Å². The second-order valence-corrected chi connectivity index (χ2v) is 6.02. The van der Waals surface area contributed by atoms with E-state index in [4.69, 9.17) is 0 Å². The highest BCUT2D eigenvalue weighted by Gasteiger charge is 2.26. The Morgan fingerprint density at radius 1 is 1.29 bits per heavy atom. The molecular weight excluding hydrogens is 212 g/mol. The second-order valence-electron chi connectivity index (χ2n) is 3.72. The van der Waals surface area contributed by atoms with Crippen molar-refractivity contribution in [2.75, 3.05) is 11.5 Å². The van der Waals surface area contributed by atoms with Crippen molar-refractivity contribution in [3.63, 3.8) is 0 Å². The molecule has 1 unspecified atom stereocenters. The Morgan fingerprint density at radius 3 is 2.21 bits per heavy atom. The number of hydrogen-bond donors (Lipinski definition) is 1. The van der Waals surface area contributed by atoms with Gasteiger partial charge in [-0.3, -0.25) is 0 Å². The van der Waals surface area contributed by atoms with E-state index in [1.54, 1.807) is 0 Å². The summed E-state index contributed by atoms with van der Waals surface area (Å²) in [5, 5.41) is 2.74. The quantitative estimate of drug-likeness (QED) is 0.776. The molecule has 0 saturated carbocycles. The first kappa shape index (κ1) is 11.8. The molecule has 1 N–H and O–H groups in total. The molecule has 1 rings (SSSR count). The first-order valence-electron chi connectivity index (χ1n) is 4.65. The fourth-order valence-corrected chi connectivity index (χ4v) is 2.99. The monoisotopic (exact) mass is 227 g/mol. The van der Waals surface area contributed by atoms with Gasteiger partial charge in [0, 0.05) is 6.04 Å². The first-order valence-corrected chi connectivity index (χ1v) is 6.47. The van der Waals surface area contributed by atoms with Crippen LogP contribution in [0.1, 0.15) is 19.8 Å². The van der Waals surface area contributed by atoms with E-state index >= 15 is 0 Å². The number of alkyl halides is 2. The van der Waals surface area contributed by atoms with Gasteiger partial charge < -0.3 is 5.32 Å². The molecule has 1 fully saturated rings. The molecule has 1 saturated heterocycles. The third-order valence-electron chi connectivity index (χ3n) is 2.43. The van der Waals surface area contributed by atoms with Gasteiger partial charge in [-0.05, 0) is 19.8 Å². The summed E-state index contributed by atoms with van der Waals surface area (Å²) in [6.45, 7) is 1.41. The molecule has 0 aromatic heterocycles. The minimum atomic E-state index is -2.90. The van der Waals surface area contributed by atoms with E-state index in [0.29, 0.717) is 12.8 Å². The van der Waals surface area contributed by atoms with Crippen LogP contribution in [0.4, 0.5) is 8.78 Å². The van der Waals surface area contributed by atoms with Crippen LogP contribution < -0.4 is 5.32 Å². The number of rotatable bonds is 3. The maximum absolute atomic E-state index is 12.2. The van der Waals surface area contributed by atoms with Crippen molar-refractivity contribution in [1.29, 1.82) is 0 Å². The molecule has 84 valence electrons. The molecule has 1 heterocycles. The largest absolute Gasteiger partial charge is 0.306 e. The topological polar surface area (TPSA) is 46.2 Å². The molecule has 14 heavy (non-hydrogen) atoms. The first-order chi connectivity index (χ1) is 6.41. The van der Waals surface area contributed by atoms with Crippen molar-refractivity contribution in [2.45, 2.75) is 38.3 Å². The van der Waals surface area contributed by atoms with Gasteiger partial charge >= 0.3 is 0 Å². The van der Waals surface area contributed by atoms with Crippen LogP contribution in [-0.2, 0) is 9.84 Å². The van der Waals surface area contributed by atoms with Crippen LogP contribution in [0.15, 0.2) is 0 Å². The molecular formula is C8H15F2NO2S. The van der Waals surface area contributed by atoms with Crippen LogP contribution in [0.2, 0.25) is 0 Å². The molecule has 0 amide bonds. The van der Waals surface area contributed by atoms with Gasteiger partial charge in [-0.1, -0.05) is 0 Å². The Morgan fingerprint density at radius 2 is 1.79 bits per heavy atom.